The van der Waals surface area contributed by atoms with Crippen LogP contribution in [0.3, 0.4) is 0 Å². The molecule has 0 aromatic carbocycles. The molecular weight excluding hydrogens is 1250 g/mol. The van der Waals surface area contributed by atoms with E-state index in [4.69, 9.17) is 37.0 Å². The van der Waals surface area contributed by atoms with Gasteiger partial charge in [0.2, 0.25) is 0 Å². The summed E-state index contributed by atoms with van der Waals surface area (Å²) in [4.78, 5) is 72.8. The number of hydrogen-bond donors (Lipinski definition) is 3. The second-order valence-corrected chi connectivity index (χ2v) is 31.5. The van der Waals surface area contributed by atoms with Crippen molar-refractivity contribution in [2.45, 2.75) is 407 Å². The zero-order chi connectivity index (χ0) is 70.1. The number of ether oxygens (including phenoxy) is 4. The van der Waals surface area contributed by atoms with Gasteiger partial charge in [-0.3, -0.25) is 37.3 Å². The van der Waals surface area contributed by atoms with Crippen molar-refractivity contribution in [2.75, 3.05) is 39.6 Å². The number of hydrogen-bond acceptors (Lipinski definition) is 15. The first-order valence-corrected chi connectivity index (χ1v) is 42.4. The van der Waals surface area contributed by atoms with Crippen LogP contribution < -0.4 is 0 Å². The Kier molecular flexibility index (Phi) is 65.2. The first-order chi connectivity index (χ1) is 45.8. The maximum atomic E-state index is 13.1. The van der Waals surface area contributed by atoms with Crippen molar-refractivity contribution >= 4 is 39.5 Å². The van der Waals surface area contributed by atoms with E-state index in [2.05, 4.69) is 48.5 Å². The lowest BCUT2D eigenvalue weighted by atomic mass is 10.00. The van der Waals surface area contributed by atoms with E-state index in [1.54, 1.807) is 0 Å². The highest BCUT2D eigenvalue weighted by molar-refractivity contribution is 7.47. The third-order valence-corrected chi connectivity index (χ3v) is 19.9. The van der Waals surface area contributed by atoms with Gasteiger partial charge in [0.15, 0.2) is 12.2 Å². The predicted molar refractivity (Wildman–Crippen MR) is 386 cm³/mol. The van der Waals surface area contributed by atoms with Gasteiger partial charge in [-0.1, -0.05) is 337 Å². The Labute approximate surface area is 581 Å². The molecule has 3 unspecified atom stereocenters. The molecule has 0 heterocycles. The zero-order valence-corrected chi connectivity index (χ0v) is 63.9. The quantitative estimate of drug-likeness (QED) is 0.0222. The summed E-state index contributed by atoms with van der Waals surface area (Å²) < 4.78 is 68.5. The summed E-state index contributed by atoms with van der Waals surface area (Å²) in [6, 6.07) is 0. The number of phosphoric acid groups is 2. The average molecular weight is 1400 g/mol. The number of carbonyl (C=O) groups is 4. The van der Waals surface area contributed by atoms with Crippen molar-refractivity contribution in [1.29, 1.82) is 0 Å². The molecule has 0 aliphatic heterocycles. The molecule has 17 nitrogen and oxygen atoms in total. The van der Waals surface area contributed by atoms with Gasteiger partial charge in [-0.25, -0.2) is 9.13 Å². The van der Waals surface area contributed by atoms with Crippen molar-refractivity contribution < 1.29 is 80.2 Å². The molecule has 19 heteroatoms. The van der Waals surface area contributed by atoms with E-state index in [0.29, 0.717) is 25.7 Å². The molecule has 564 valence electrons. The molecule has 6 atom stereocenters. The minimum absolute atomic E-state index is 0.105. The third kappa shape index (κ3) is 69.0. The molecule has 0 aliphatic carbocycles. The lowest BCUT2D eigenvalue weighted by Crippen LogP contribution is -2.30. The van der Waals surface area contributed by atoms with Crippen LogP contribution in [0.25, 0.3) is 0 Å². The maximum Gasteiger partial charge on any atom is 0.472 e. The van der Waals surface area contributed by atoms with Gasteiger partial charge in [0.25, 0.3) is 0 Å². The Morgan fingerprint density at radius 3 is 0.800 bits per heavy atom. The van der Waals surface area contributed by atoms with Crippen LogP contribution in [0.4, 0.5) is 0 Å². The predicted octanol–water partition coefficient (Wildman–Crippen LogP) is 22.2. The normalized spacial score (nSPS) is 14.4. The van der Waals surface area contributed by atoms with E-state index >= 15 is 0 Å². The minimum Gasteiger partial charge on any atom is -0.462 e. The van der Waals surface area contributed by atoms with E-state index in [9.17, 15) is 43.2 Å². The van der Waals surface area contributed by atoms with Gasteiger partial charge in [0, 0.05) is 25.7 Å². The highest BCUT2D eigenvalue weighted by Gasteiger charge is 2.30. The SMILES string of the molecule is CCCCCCCCCCCCCCCCCCCCCC(=O)O[C@H](COC(=O)CCCCCCCCCCCCC(C)C)COP(=O)(O)OC[C@@H](O)COP(=O)(O)OC[C@@H](COC(=O)CCCCCCCCC(C)CC)OC(=O)CCCCCCCCCCCCC(C)C. The second-order valence-electron chi connectivity index (χ2n) is 28.6. The van der Waals surface area contributed by atoms with Gasteiger partial charge in [0.05, 0.1) is 26.4 Å². The monoisotopic (exact) mass is 1400 g/mol. The lowest BCUT2D eigenvalue weighted by Gasteiger charge is -2.21. The molecule has 0 spiro atoms. The fourth-order valence-electron chi connectivity index (χ4n) is 11.6. The Morgan fingerprint density at radius 1 is 0.305 bits per heavy atom. The van der Waals surface area contributed by atoms with Gasteiger partial charge < -0.3 is 33.8 Å². The molecule has 0 saturated heterocycles. The maximum absolute atomic E-state index is 13.1. The minimum atomic E-state index is -4.96. The molecule has 3 N–H and O–H groups in total. The standard InChI is InChI=1S/C76H148O17P2/c1-8-10-11-12-13-14-15-16-17-18-19-20-21-22-23-31-36-45-52-59-75(80)92-71(63-86-73(78)57-50-43-35-30-26-24-28-33-40-47-54-67(3)4)65-90-94(82,83)88-61-70(77)62-89-95(84,85)91-66-72(64-87-74(79)58-51-44-39-38-42-49-56-69(7)9-2)93-76(81)60-53-46-37-32-27-25-29-34-41-48-55-68(5)6/h67-72,77H,8-66H2,1-7H3,(H,82,83)(H,84,85)/t69?,70-,71-,72-/m1/s1. The number of rotatable bonds is 74. The number of aliphatic hydroxyl groups is 1. The topological polar surface area (TPSA) is 237 Å². The molecule has 0 saturated carbocycles. The number of unbranched alkanes of at least 4 members (excludes halogenated alkanes) is 41. The van der Waals surface area contributed by atoms with E-state index < -0.39 is 97.5 Å². The van der Waals surface area contributed by atoms with Gasteiger partial charge in [-0.15, -0.1) is 0 Å². The summed E-state index contributed by atoms with van der Waals surface area (Å²) in [5, 5.41) is 10.6. The first-order valence-electron chi connectivity index (χ1n) is 39.4. The number of carbonyl (C=O) groups excluding carboxylic acids is 4. The molecule has 0 radical (unpaired) electrons. The van der Waals surface area contributed by atoms with E-state index in [0.717, 1.165) is 114 Å². The lowest BCUT2D eigenvalue weighted by molar-refractivity contribution is -0.161. The Hall–Kier alpha value is -1.94. The molecule has 0 amide bonds. The van der Waals surface area contributed by atoms with Crippen LogP contribution in [0.2, 0.25) is 0 Å². The smallest absolute Gasteiger partial charge is 0.462 e. The van der Waals surface area contributed by atoms with E-state index in [1.807, 2.05) is 0 Å². The van der Waals surface area contributed by atoms with Gasteiger partial charge >= 0.3 is 39.5 Å². The van der Waals surface area contributed by atoms with Gasteiger partial charge in [0.1, 0.15) is 19.3 Å². The summed E-state index contributed by atoms with van der Waals surface area (Å²) in [7, 11) is -9.91. The van der Waals surface area contributed by atoms with E-state index in [1.165, 1.54) is 193 Å². The Morgan fingerprint density at radius 2 is 0.537 bits per heavy atom. The highest BCUT2D eigenvalue weighted by Crippen LogP contribution is 2.45. The van der Waals surface area contributed by atoms with Crippen LogP contribution in [0.15, 0.2) is 0 Å². The number of esters is 4. The fourth-order valence-corrected chi connectivity index (χ4v) is 13.1. The van der Waals surface area contributed by atoms with Gasteiger partial charge in [-0.2, -0.15) is 0 Å². The number of aliphatic hydroxyl groups excluding tert-OH is 1. The van der Waals surface area contributed by atoms with Crippen LogP contribution in [0.1, 0.15) is 389 Å². The van der Waals surface area contributed by atoms with Crippen LogP contribution in [0.5, 0.6) is 0 Å². The van der Waals surface area contributed by atoms with Crippen molar-refractivity contribution in [3.63, 3.8) is 0 Å². The van der Waals surface area contributed by atoms with Crippen molar-refractivity contribution in [1.82, 2.24) is 0 Å². The summed E-state index contributed by atoms with van der Waals surface area (Å²) in [5.74, 6) is 0.122. The molecular formula is C76H148O17P2. The second kappa shape index (κ2) is 66.6. The highest BCUT2D eigenvalue weighted by atomic mass is 31.2. The van der Waals surface area contributed by atoms with Crippen LogP contribution >= 0.6 is 15.6 Å². The molecule has 0 aromatic rings. The summed E-state index contributed by atoms with van der Waals surface area (Å²) >= 11 is 0. The summed E-state index contributed by atoms with van der Waals surface area (Å²) in [6.07, 6.45) is 52.8. The molecule has 0 bridgehead atoms. The summed E-state index contributed by atoms with van der Waals surface area (Å²) in [6.45, 7) is 11.8. The molecule has 0 fully saturated rings. The van der Waals surface area contributed by atoms with E-state index in [-0.39, 0.29) is 25.7 Å². The zero-order valence-electron chi connectivity index (χ0n) is 62.1. The largest absolute Gasteiger partial charge is 0.472 e. The number of phosphoric ester groups is 2. The van der Waals surface area contributed by atoms with Crippen LogP contribution in [0, 0.1) is 17.8 Å². The molecule has 0 aliphatic rings. The fraction of sp³-hybridized carbons (Fsp3) is 0.947. The molecule has 95 heavy (non-hydrogen) atoms. The van der Waals surface area contributed by atoms with Crippen molar-refractivity contribution in [2.24, 2.45) is 17.8 Å². The van der Waals surface area contributed by atoms with Crippen LogP contribution in [-0.2, 0) is 65.4 Å². The third-order valence-electron chi connectivity index (χ3n) is 18.0. The first kappa shape index (κ1) is 93.1. The summed E-state index contributed by atoms with van der Waals surface area (Å²) in [5.41, 5.74) is 0. The molecule has 0 rings (SSSR count). The molecule has 0 aromatic heterocycles. The average Bonchev–Trinajstić information content (AvgIpc) is 1.45. The van der Waals surface area contributed by atoms with Crippen molar-refractivity contribution in [3.8, 4) is 0 Å². The van der Waals surface area contributed by atoms with Crippen molar-refractivity contribution in [3.05, 3.63) is 0 Å². The Balaban J connectivity index is 5.24. The Bertz CT molecular complexity index is 1850. The van der Waals surface area contributed by atoms with Gasteiger partial charge in [-0.05, 0) is 43.4 Å². The van der Waals surface area contributed by atoms with Crippen LogP contribution in [-0.4, -0.2) is 96.7 Å².